The van der Waals surface area contributed by atoms with E-state index in [1.165, 1.54) is 24.3 Å². The van der Waals surface area contributed by atoms with E-state index < -0.39 is 15.9 Å². The Morgan fingerprint density at radius 1 is 1.16 bits per heavy atom. The van der Waals surface area contributed by atoms with Gasteiger partial charge in [-0.2, -0.15) is 0 Å². The van der Waals surface area contributed by atoms with Crippen molar-refractivity contribution in [2.45, 2.75) is 11.8 Å². The van der Waals surface area contributed by atoms with E-state index >= 15 is 0 Å². The van der Waals surface area contributed by atoms with Crippen molar-refractivity contribution in [3.8, 4) is 0 Å². The summed E-state index contributed by atoms with van der Waals surface area (Å²) in [6.45, 7) is 5.35. The van der Waals surface area contributed by atoms with Crippen LogP contribution in [0.1, 0.15) is 15.9 Å². The Bertz CT molecular complexity index is 927. The molecule has 2 rings (SSSR count). The Labute approximate surface area is 156 Å². The topological polar surface area (TPSA) is 75.3 Å². The van der Waals surface area contributed by atoms with Crippen LogP contribution in [-0.2, 0) is 10.0 Å². The maximum Gasteiger partial charge on any atom is 0.255 e. The first-order valence-electron chi connectivity index (χ1n) is 7.22. The quantitative estimate of drug-likeness (QED) is 0.721. The van der Waals surface area contributed by atoms with Crippen LogP contribution in [0.3, 0.4) is 0 Å². The van der Waals surface area contributed by atoms with Crippen molar-refractivity contribution in [1.82, 2.24) is 4.72 Å². The van der Waals surface area contributed by atoms with Crippen LogP contribution in [0.2, 0.25) is 10.0 Å². The lowest BCUT2D eigenvalue weighted by Gasteiger charge is -2.10. The lowest BCUT2D eigenvalue weighted by molar-refractivity contribution is 0.102. The molecule has 0 fully saturated rings. The summed E-state index contributed by atoms with van der Waals surface area (Å²) in [6.07, 6.45) is 1.41. The molecule has 0 saturated carbocycles. The molecule has 0 bridgehead atoms. The Hall–Kier alpha value is -1.86. The SMILES string of the molecule is C=CCNS(=O)(=O)c1cc(C(=O)Nc2ccc(C)c(Cl)c2)ccc1Cl. The van der Waals surface area contributed by atoms with E-state index in [2.05, 4.69) is 16.6 Å². The summed E-state index contributed by atoms with van der Waals surface area (Å²) in [5.41, 5.74) is 1.54. The van der Waals surface area contributed by atoms with Gasteiger partial charge in [0.25, 0.3) is 5.91 Å². The molecule has 132 valence electrons. The first-order valence-corrected chi connectivity index (χ1v) is 9.46. The Balaban J connectivity index is 2.30. The van der Waals surface area contributed by atoms with Crippen molar-refractivity contribution < 1.29 is 13.2 Å². The van der Waals surface area contributed by atoms with Crippen LogP contribution in [0.5, 0.6) is 0 Å². The molecule has 0 spiro atoms. The molecule has 25 heavy (non-hydrogen) atoms. The van der Waals surface area contributed by atoms with Crippen LogP contribution >= 0.6 is 23.2 Å². The minimum Gasteiger partial charge on any atom is -0.322 e. The van der Waals surface area contributed by atoms with Gasteiger partial charge in [-0.25, -0.2) is 13.1 Å². The molecule has 0 unspecified atom stereocenters. The van der Waals surface area contributed by atoms with Crippen molar-refractivity contribution in [3.63, 3.8) is 0 Å². The lowest BCUT2D eigenvalue weighted by atomic mass is 10.2. The predicted octanol–water partition coefficient (Wildman–Crippen LogP) is 4.02. The van der Waals surface area contributed by atoms with Gasteiger partial charge < -0.3 is 5.32 Å². The zero-order valence-electron chi connectivity index (χ0n) is 13.3. The van der Waals surface area contributed by atoms with Gasteiger partial charge in [0.05, 0.1) is 5.02 Å². The van der Waals surface area contributed by atoms with Crippen LogP contribution in [0.25, 0.3) is 0 Å². The molecule has 2 aromatic carbocycles. The zero-order chi connectivity index (χ0) is 18.6. The first kappa shape index (κ1) is 19.5. The molecule has 0 aliphatic rings. The standard InChI is InChI=1S/C17H16Cl2N2O3S/c1-3-8-20-25(23,24)16-9-12(5-7-14(16)18)17(22)21-13-6-4-11(2)15(19)10-13/h3-7,9-10,20H,1,8H2,2H3,(H,21,22). The third kappa shape index (κ3) is 4.83. The molecule has 0 heterocycles. The minimum atomic E-state index is -3.85. The van der Waals surface area contributed by atoms with Gasteiger partial charge in [0.2, 0.25) is 10.0 Å². The summed E-state index contributed by atoms with van der Waals surface area (Å²) in [7, 11) is -3.85. The number of halogens is 2. The average molecular weight is 399 g/mol. The highest BCUT2D eigenvalue weighted by Gasteiger charge is 2.19. The molecule has 0 atom stereocenters. The molecule has 2 aromatic rings. The van der Waals surface area contributed by atoms with Gasteiger partial charge in [0, 0.05) is 22.8 Å². The van der Waals surface area contributed by atoms with Crippen molar-refractivity contribution in [2.24, 2.45) is 0 Å². The van der Waals surface area contributed by atoms with E-state index in [1.807, 2.05) is 6.92 Å². The lowest BCUT2D eigenvalue weighted by Crippen LogP contribution is -2.24. The predicted molar refractivity (Wildman–Crippen MR) is 101 cm³/mol. The summed E-state index contributed by atoms with van der Waals surface area (Å²) in [5.74, 6) is -0.475. The second kappa shape index (κ2) is 8.01. The van der Waals surface area contributed by atoms with Crippen molar-refractivity contribution in [3.05, 3.63) is 70.2 Å². The fourth-order valence-corrected chi connectivity index (χ4v) is 3.67. The third-order valence-corrected chi connectivity index (χ3v) is 5.64. The van der Waals surface area contributed by atoms with Crippen molar-refractivity contribution in [1.29, 1.82) is 0 Å². The molecule has 1 amide bonds. The van der Waals surface area contributed by atoms with E-state index in [9.17, 15) is 13.2 Å². The van der Waals surface area contributed by atoms with Gasteiger partial charge in [-0.05, 0) is 42.8 Å². The van der Waals surface area contributed by atoms with E-state index in [0.717, 1.165) is 5.56 Å². The normalized spacial score (nSPS) is 11.2. The van der Waals surface area contributed by atoms with E-state index in [-0.39, 0.29) is 22.0 Å². The number of aryl methyl sites for hydroxylation is 1. The number of hydrogen-bond acceptors (Lipinski definition) is 3. The first-order chi connectivity index (χ1) is 11.7. The highest BCUT2D eigenvalue weighted by molar-refractivity contribution is 7.89. The smallest absolute Gasteiger partial charge is 0.255 e. The highest BCUT2D eigenvalue weighted by atomic mass is 35.5. The summed E-state index contributed by atoms with van der Waals surface area (Å²) in [6, 6.07) is 9.13. The molecule has 0 aliphatic heterocycles. The Morgan fingerprint density at radius 3 is 2.52 bits per heavy atom. The second-order valence-electron chi connectivity index (χ2n) is 5.20. The number of hydrogen-bond donors (Lipinski definition) is 2. The number of carbonyl (C=O) groups excluding carboxylic acids is 1. The van der Waals surface area contributed by atoms with Crippen LogP contribution in [0, 0.1) is 6.92 Å². The maximum atomic E-state index is 12.4. The Morgan fingerprint density at radius 2 is 1.88 bits per heavy atom. The van der Waals surface area contributed by atoms with Gasteiger partial charge in [-0.15, -0.1) is 6.58 Å². The van der Waals surface area contributed by atoms with Gasteiger partial charge in [0.15, 0.2) is 0 Å². The number of benzene rings is 2. The van der Waals surface area contributed by atoms with Crippen molar-refractivity contribution >= 4 is 44.8 Å². The zero-order valence-corrected chi connectivity index (χ0v) is 15.7. The monoisotopic (exact) mass is 398 g/mol. The summed E-state index contributed by atoms with van der Waals surface area (Å²) in [4.78, 5) is 12.2. The number of amides is 1. The average Bonchev–Trinajstić information content (AvgIpc) is 2.56. The van der Waals surface area contributed by atoms with Crippen LogP contribution < -0.4 is 10.0 Å². The second-order valence-corrected chi connectivity index (χ2v) is 7.75. The minimum absolute atomic E-state index is 0.0199. The molecule has 0 aromatic heterocycles. The molecule has 8 heteroatoms. The summed E-state index contributed by atoms with van der Waals surface area (Å²) < 4.78 is 26.8. The van der Waals surface area contributed by atoms with Crippen LogP contribution in [0.4, 0.5) is 5.69 Å². The number of nitrogens with one attached hydrogen (secondary N) is 2. The summed E-state index contributed by atoms with van der Waals surface area (Å²) in [5, 5.41) is 3.21. The Kier molecular flexibility index (Phi) is 6.24. The largest absolute Gasteiger partial charge is 0.322 e. The fourth-order valence-electron chi connectivity index (χ4n) is 1.97. The highest BCUT2D eigenvalue weighted by Crippen LogP contribution is 2.24. The molecule has 2 N–H and O–H groups in total. The third-order valence-electron chi connectivity index (χ3n) is 3.33. The van der Waals surface area contributed by atoms with Crippen LogP contribution in [-0.4, -0.2) is 20.9 Å². The van der Waals surface area contributed by atoms with Gasteiger partial charge in [0.1, 0.15) is 4.90 Å². The van der Waals surface area contributed by atoms with E-state index in [4.69, 9.17) is 23.2 Å². The van der Waals surface area contributed by atoms with Gasteiger partial charge >= 0.3 is 0 Å². The number of anilines is 1. The molecule has 0 radical (unpaired) electrons. The molecule has 0 aliphatic carbocycles. The number of rotatable bonds is 6. The van der Waals surface area contributed by atoms with Gasteiger partial charge in [-0.1, -0.05) is 35.3 Å². The fraction of sp³-hybridized carbons (Fsp3) is 0.118. The molecular weight excluding hydrogens is 383 g/mol. The maximum absolute atomic E-state index is 12.4. The molecule has 5 nitrogen and oxygen atoms in total. The van der Waals surface area contributed by atoms with Crippen LogP contribution in [0.15, 0.2) is 53.9 Å². The van der Waals surface area contributed by atoms with E-state index in [0.29, 0.717) is 10.7 Å². The summed E-state index contributed by atoms with van der Waals surface area (Å²) >= 11 is 12.0. The molecular formula is C17H16Cl2N2O3S. The number of carbonyl (C=O) groups is 1. The molecule has 0 saturated heterocycles. The van der Waals surface area contributed by atoms with E-state index in [1.54, 1.807) is 18.2 Å². The van der Waals surface area contributed by atoms with Gasteiger partial charge in [-0.3, -0.25) is 4.79 Å². The number of sulfonamides is 1. The van der Waals surface area contributed by atoms with Crippen molar-refractivity contribution in [2.75, 3.05) is 11.9 Å².